The fourth-order valence-corrected chi connectivity index (χ4v) is 3.86. The Kier molecular flexibility index (Phi) is 9.61. The van der Waals surface area contributed by atoms with Crippen molar-refractivity contribution in [3.05, 3.63) is 0 Å². The van der Waals surface area contributed by atoms with Crippen molar-refractivity contribution in [2.75, 3.05) is 0 Å². The van der Waals surface area contributed by atoms with E-state index in [1.54, 1.807) is 6.92 Å². The third-order valence-corrected chi connectivity index (χ3v) is 6.06. The first-order valence-electron chi connectivity index (χ1n) is 9.42. The van der Waals surface area contributed by atoms with E-state index in [4.69, 9.17) is 5.73 Å². The molecule has 0 saturated heterocycles. The Bertz CT molecular complexity index is 430. The highest BCUT2D eigenvalue weighted by atomic mass is 32.1. The number of isothiocyanates is 1. The molecule has 0 heterocycles. The zero-order valence-corrected chi connectivity index (χ0v) is 16.6. The third-order valence-electron chi connectivity index (χ3n) is 5.96. The molecule has 0 radical (unpaired) electrons. The fourth-order valence-electron chi connectivity index (χ4n) is 3.74. The Labute approximate surface area is 155 Å². The summed E-state index contributed by atoms with van der Waals surface area (Å²) in [5.74, 6) is -0.0682. The van der Waals surface area contributed by atoms with E-state index in [-0.39, 0.29) is 36.6 Å². The number of aliphatic imine (C=N–C) groups is 1. The molecule has 0 aromatic rings. The minimum Gasteiger partial charge on any atom is -0.328 e. The lowest BCUT2D eigenvalue weighted by molar-refractivity contribution is 0.0392. The molecule has 1 rings (SSSR count). The number of hydrogen-bond acceptors (Lipinski definition) is 3. The summed E-state index contributed by atoms with van der Waals surface area (Å²) in [6.45, 7) is 7.92. The Morgan fingerprint density at radius 1 is 1.08 bits per heavy atom. The van der Waals surface area contributed by atoms with Crippen LogP contribution in [0, 0.1) is 23.7 Å². The van der Waals surface area contributed by atoms with Gasteiger partial charge in [-0.2, -0.15) is 0 Å². The zero-order chi connectivity index (χ0) is 19.1. The summed E-state index contributed by atoms with van der Waals surface area (Å²) in [5.41, 5.74) is 5.78. The average molecular weight is 379 g/mol. The summed E-state index contributed by atoms with van der Waals surface area (Å²) < 4.78 is 43.1. The summed E-state index contributed by atoms with van der Waals surface area (Å²) >= 11 is 4.45. The summed E-state index contributed by atoms with van der Waals surface area (Å²) in [4.78, 5) is 3.60. The predicted molar refractivity (Wildman–Crippen MR) is 101 cm³/mol. The molecule has 0 amide bonds. The molecule has 1 saturated carbocycles. The van der Waals surface area contributed by atoms with Crippen LogP contribution in [0.5, 0.6) is 0 Å². The van der Waals surface area contributed by atoms with Crippen molar-refractivity contribution in [1.29, 1.82) is 0 Å². The van der Waals surface area contributed by atoms with Gasteiger partial charge in [-0.1, -0.05) is 20.8 Å². The van der Waals surface area contributed by atoms with Gasteiger partial charge in [-0.25, -0.2) is 18.2 Å². The van der Waals surface area contributed by atoms with E-state index in [0.717, 1.165) is 12.8 Å². The normalized spacial score (nSPS) is 33.0. The molecule has 146 valence electrons. The topological polar surface area (TPSA) is 38.4 Å². The molecule has 6 heteroatoms. The van der Waals surface area contributed by atoms with Gasteiger partial charge in [-0.15, -0.1) is 0 Å². The van der Waals surface area contributed by atoms with E-state index in [1.807, 2.05) is 13.8 Å². The number of nitrogens with zero attached hydrogens (tertiary/aromatic N) is 1. The molecule has 0 aromatic heterocycles. The number of hydrogen-bond donors (Lipinski definition) is 1. The van der Waals surface area contributed by atoms with Gasteiger partial charge in [0.2, 0.25) is 0 Å². The number of halogens is 3. The van der Waals surface area contributed by atoms with Crippen LogP contribution in [0.3, 0.4) is 0 Å². The second-order valence-electron chi connectivity index (χ2n) is 8.09. The van der Waals surface area contributed by atoms with E-state index in [0.29, 0.717) is 12.3 Å². The van der Waals surface area contributed by atoms with Gasteiger partial charge >= 0.3 is 0 Å². The van der Waals surface area contributed by atoms with Crippen LogP contribution in [0.2, 0.25) is 0 Å². The number of alkyl halides is 3. The maximum Gasteiger partial charge on any atom is 0.126 e. The van der Waals surface area contributed by atoms with Gasteiger partial charge < -0.3 is 5.73 Å². The van der Waals surface area contributed by atoms with Crippen LogP contribution in [-0.4, -0.2) is 35.8 Å². The SMILES string of the molecule is CC(N)CCC(C)C(C)CC(F)C(C)C1CC(F)C(N=C=S)C(F)C1. The lowest BCUT2D eigenvalue weighted by Gasteiger charge is -2.37. The lowest BCUT2D eigenvalue weighted by atomic mass is 9.73. The van der Waals surface area contributed by atoms with Gasteiger partial charge in [0.1, 0.15) is 24.6 Å². The molecule has 0 bridgehead atoms. The van der Waals surface area contributed by atoms with E-state index >= 15 is 0 Å². The van der Waals surface area contributed by atoms with E-state index in [9.17, 15) is 13.2 Å². The molecule has 0 aromatic carbocycles. The molecular weight excluding hydrogens is 345 g/mol. The summed E-state index contributed by atoms with van der Waals surface area (Å²) in [5, 5.41) is 2.07. The quantitative estimate of drug-likeness (QED) is 0.436. The maximum atomic E-state index is 14.8. The van der Waals surface area contributed by atoms with Crippen LogP contribution in [-0.2, 0) is 0 Å². The lowest BCUT2D eigenvalue weighted by Crippen LogP contribution is -2.42. The highest BCUT2D eigenvalue weighted by Gasteiger charge is 2.42. The summed E-state index contributed by atoms with van der Waals surface area (Å²) in [7, 11) is 0. The predicted octanol–water partition coefficient (Wildman–Crippen LogP) is 5.31. The fraction of sp³-hybridized carbons (Fsp3) is 0.947. The molecule has 2 nitrogen and oxygen atoms in total. The van der Waals surface area contributed by atoms with Crippen LogP contribution in [0.1, 0.15) is 59.8 Å². The van der Waals surface area contributed by atoms with Crippen LogP contribution < -0.4 is 5.73 Å². The van der Waals surface area contributed by atoms with Gasteiger partial charge in [0.15, 0.2) is 0 Å². The van der Waals surface area contributed by atoms with Crippen molar-refractivity contribution in [2.45, 2.75) is 90.4 Å². The first-order valence-corrected chi connectivity index (χ1v) is 9.82. The molecule has 1 fully saturated rings. The van der Waals surface area contributed by atoms with Crippen LogP contribution in [0.4, 0.5) is 13.2 Å². The number of nitrogens with two attached hydrogens (primary N) is 1. The summed E-state index contributed by atoms with van der Waals surface area (Å²) in [6.07, 6.45) is -1.28. The van der Waals surface area contributed by atoms with E-state index < -0.39 is 24.6 Å². The Hall–Kier alpha value is -0.450. The molecule has 25 heavy (non-hydrogen) atoms. The highest BCUT2D eigenvalue weighted by molar-refractivity contribution is 7.78. The molecule has 7 atom stereocenters. The van der Waals surface area contributed by atoms with Crippen molar-refractivity contribution in [2.24, 2.45) is 34.4 Å². The molecule has 0 spiro atoms. The average Bonchev–Trinajstić information content (AvgIpc) is 2.54. The molecule has 1 aliphatic carbocycles. The highest BCUT2D eigenvalue weighted by Crippen LogP contribution is 2.39. The van der Waals surface area contributed by atoms with Crippen LogP contribution in [0.25, 0.3) is 0 Å². The molecule has 7 unspecified atom stereocenters. The van der Waals surface area contributed by atoms with Crippen molar-refractivity contribution in [1.82, 2.24) is 0 Å². The van der Waals surface area contributed by atoms with Gasteiger partial charge in [-0.3, -0.25) is 0 Å². The van der Waals surface area contributed by atoms with Crippen molar-refractivity contribution >= 4 is 17.4 Å². The molecular formula is C19H33F3N2S. The van der Waals surface area contributed by atoms with Crippen LogP contribution >= 0.6 is 12.2 Å². The third kappa shape index (κ3) is 6.99. The molecule has 1 aliphatic rings. The smallest absolute Gasteiger partial charge is 0.126 e. The second-order valence-corrected chi connectivity index (χ2v) is 8.28. The minimum atomic E-state index is -1.42. The standard InChI is InChI=1S/C19H33F3N2S/c1-11(5-6-13(3)23)12(2)7-16(20)14(4)15-8-17(21)19(24-10-25)18(22)9-15/h11-19H,5-9,23H2,1-4H3. The van der Waals surface area contributed by atoms with E-state index in [2.05, 4.69) is 29.3 Å². The molecule has 0 aliphatic heterocycles. The minimum absolute atomic E-state index is 0.141. The monoisotopic (exact) mass is 378 g/mol. The first-order chi connectivity index (χ1) is 11.7. The number of thiocarbonyl (C=S) groups is 1. The van der Waals surface area contributed by atoms with Gasteiger partial charge in [0.05, 0.1) is 5.16 Å². The zero-order valence-electron chi connectivity index (χ0n) is 15.8. The Morgan fingerprint density at radius 3 is 2.12 bits per heavy atom. The van der Waals surface area contributed by atoms with Gasteiger partial charge in [0, 0.05) is 6.04 Å². The van der Waals surface area contributed by atoms with E-state index in [1.165, 1.54) is 0 Å². The van der Waals surface area contributed by atoms with Gasteiger partial charge in [-0.05, 0) is 74.9 Å². The van der Waals surface area contributed by atoms with Crippen molar-refractivity contribution < 1.29 is 13.2 Å². The maximum absolute atomic E-state index is 14.8. The largest absolute Gasteiger partial charge is 0.328 e. The number of rotatable bonds is 9. The van der Waals surface area contributed by atoms with Crippen LogP contribution in [0.15, 0.2) is 4.99 Å². The molecule has 2 N–H and O–H groups in total. The Morgan fingerprint density at radius 2 is 1.64 bits per heavy atom. The second kappa shape index (κ2) is 10.6. The van der Waals surface area contributed by atoms with Crippen molar-refractivity contribution in [3.63, 3.8) is 0 Å². The Balaban J connectivity index is 2.55. The van der Waals surface area contributed by atoms with Crippen molar-refractivity contribution in [3.8, 4) is 0 Å². The van der Waals surface area contributed by atoms with Gasteiger partial charge in [0.25, 0.3) is 0 Å². The summed E-state index contributed by atoms with van der Waals surface area (Å²) in [6, 6.07) is -0.917. The first kappa shape index (κ1) is 22.6.